The summed E-state index contributed by atoms with van der Waals surface area (Å²) in [4.78, 5) is 12.3. The first-order chi connectivity index (χ1) is 10.0. The molecule has 0 aliphatic rings. The van der Waals surface area contributed by atoms with Crippen LogP contribution in [0.2, 0.25) is 0 Å². The van der Waals surface area contributed by atoms with Gasteiger partial charge in [0.1, 0.15) is 11.6 Å². The fourth-order valence-corrected chi connectivity index (χ4v) is 2.23. The van der Waals surface area contributed by atoms with Crippen molar-refractivity contribution in [2.24, 2.45) is 0 Å². The molecule has 0 saturated carbocycles. The molecule has 1 N–H and O–H groups in total. The lowest BCUT2D eigenvalue weighted by molar-refractivity contribution is 0.0930. The molecular formula is C16H23BrFNO2. The summed E-state index contributed by atoms with van der Waals surface area (Å²) in [6, 6.07) is 2.84. The van der Waals surface area contributed by atoms with E-state index in [1.54, 1.807) is 0 Å². The SMILES string of the molecule is CCCCOc1cc(Br)c(F)cc1C(=O)NC(CC)CC. The van der Waals surface area contributed by atoms with Crippen LogP contribution in [-0.4, -0.2) is 18.6 Å². The number of amides is 1. The summed E-state index contributed by atoms with van der Waals surface area (Å²) < 4.78 is 19.7. The Morgan fingerprint density at radius 3 is 2.57 bits per heavy atom. The highest BCUT2D eigenvalue weighted by atomic mass is 79.9. The highest BCUT2D eigenvalue weighted by molar-refractivity contribution is 9.10. The zero-order valence-electron chi connectivity index (χ0n) is 12.8. The molecule has 0 radical (unpaired) electrons. The smallest absolute Gasteiger partial charge is 0.255 e. The van der Waals surface area contributed by atoms with E-state index in [1.165, 1.54) is 12.1 Å². The van der Waals surface area contributed by atoms with Gasteiger partial charge in [0, 0.05) is 6.04 Å². The molecule has 0 aromatic heterocycles. The molecule has 0 fully saturated rings. The minimum atomic E-state index is -0.465. The van der Waals surface area contributed by atoms with Gasteiger partial charge in [-0.3, -0.25) is 4.79 Å². The second kappa shape index (κ2) is 9.03. The molecule has 0 atom stereocenters. The first-order valence-electron chi connectivity index (χ1n) is 7.46. The van der Waals surface area contributed by atoms with Crippen LogP contribution >= 0.6 is 15.9 Å². The van der Waals surface area contributed by atoms with Gasteiger partial charge in [0.25, 0.3) is 5.91 Å². The van der Waals surface area contributed by atoms with E-state index < -0.39 is 5.82 Å². The van der Waals surface area contributed by atoms with Crippen LogP contribution in [-0.2, 0) is 0 Å². The van der Waals surface area contributed by atoms with E-state index in [0.717, 1.165) is 25.7 Å². The predicted molar refractivity (Wildman–Crippen MR) is 86.3 cm³/mol. The van der Waals surface area contributed by atoms with E-state index in [1.807, 2.05) is 13.8 Å². The van der Waals surface area contributed by atoms with Gasteiger partial charge in [0.15, 0.2) is 0 Å². The summed E-state index contributed by atoms with van der Waals surface area (Å²) >= 11 is 3.13. The maximum atomic E-state index is 13.7. The minimum Gasteiger partial charge on any atom is -0.493 e. The van der Waals surface area contributed by atoms with Gasteiger partial charge in [-0.15, -0.1) is 0 Å². The third-order valence-electron chi connectivity index (χ3n) is 3.34. The number of hydrogen-bond donors (Lipinski definition) is 1. The van der Waals surface area contributed by atoms with Gasteiger partial charge in [0.2, 0.25) is 0 Å². The van der Waals surface area contributed by atoms with Gasteiger partial charge in [-0.05, 0) is 47.3 Å². The molecule has 0 aliphatic heterocycles. The number of unbranched alkanes of at least 4 members (excludes halogenated alkanes) is 1. The summed E-state index contributed by atoms with van der Waals surface area (Å²) in [5, 5.41) is 2.91. The van der Waals surface area contributed by atoms with E-state index in [4.69, 9.17) is 4.74 Å². The number of nitrogens with one attached hydrogen (secondary N) is 1. The second-order valence-corrected chi connectivity index (χ2v) is 5.81. The van der Waals surface area contributed by atoms with Crippen molar-refractivity contribution in [2.75, 3.05) is 6.61 Å². The number of rotatable bonds is 8. The van der Waals surface area contributed by atoms with Crippen LogP contribution in [0.25, 0.3) is 0 Å². The van der Waals surface area contributed by atoms with Crippen molar-refractivity contribution in [3.8, 4) is 5.75 Å². The van der Waals surface area contributed by atoms with E-state index in [-0.39, 0.29) is 17.5 Å². The second-order valence-electron chi connectivity index (χ2n) is 4.95. The number of benzene rings is 1. The predicted octanol–water partition coefficient (Wildman–Crippen LogP) is 4.69. The summed E-state index contributed by atoms with van der Waals surface area (Å²) in [6.07, 6.45) is 3.57. The average Bonchev–Trinajstić information content (AvgIpc) is 2.48. The molecule has 5 heteroatoms. The molecule has 0 bridgehead atoms. The lowest BCUT2D eigenvalue weighted by Crippen LogP contribution is -2.34. The molecule has 1 rings (SSSR count). The van der Waals surface area contributed by atoms with Crippen LogP contribution in [0.4, 0.5) is 4.39 Å². The molecular weight excluding hydrogens is 337 g/mol. The number of carbonyl (C=O) groups excluding carboxylic acids is 1. The fourth-order valence-electron chi connectivity index (χ4n) is 1.91. The molecule has 118 valence electrons. The van der Waals surface area contributed by atoms with Crippen molar-refractivity contribution in [3.63, 3.8) is 0 Å². The lowest BCUT2D eigenvalue weighted by atomic mass is 10.1. The molecule has 1 aromatic rings. The van der Waals surface area contributed by atoms with Crippen molar-refractivity contribution in [1.82, 2.24) is 5.32 Å². The Hall–Kier alpha value is -1.10. The summed E-state index contributed by atoms with van der Waals surface area (Å²) in [7, 11) is 0. The molecule has 0 unspecified atom stereocenters. The average molecular weight is 360 g/mol. The van der Waals surface area contributed by atoms with Gasteiger partial charge in [0.05, 0.1) is 16.6 Å². The Balaban J connectivity index is 2.96. The van der Waals surface area contributed by atoms with Crippen LogP contribution < -0.4 is 10.1 Å². The minimum absolute atomic E-state index is 0.0905. The van der Waals surface area contributed by atoms with Crippen molar-refractivity contribution in [1.29, 1.82) is 0 Å². The number of carbonyl (C=O) groups is 1. The van der Waals surface area contributed by atoms with Crippen LogP contribution in [0.5, 0.6) is 5.75 Å². The van der Waals surface area contributed by atoms with Gasteiger partial charge in [-0.2, -0.15) is 0 Å². The number of hydrogen-bond acceptors (Lipinski definition) is 2. The number of halogens is 2. The first-order valence-corrected chi connectivity index (χ1v) is 8.25. The van der Waals surface area contributed by atoms with Crippen LogP contribution in [0, 0.1) is 5.82 Å². The van der Waals surface area contributed by atoms with Crippen LogP contribution in [0.15, 0.2) is 16.6 Å². The topological polar surface area (TPSA) is 38.3 Å². The van der Waals surface area contributed by atoms with Crippen LogP contribution in [0.3, 0.4) is 0 Å². The Labute approximate surface area is 134 Å². The Morgan fingerprint density at radius 2 is 2.00 bits per heavy atom. The van der Waals surface area contributed by atoms with E-state index >= 15 is 0 Å². The normalized spacial score (nSPS) is 10.8. The summed E-state index contributed by atoms with van der Waals surface area (Å²) in [5.74, 6) is -0.339. The van der Waals surface area contributed by atoms with Crippen molar-refractivity contribution in [2.45, 2.75) is 52.5 Å². The zero-order chi connectivity index (χ0) is 15.8. The summed E-state index contributed by atoms with van der Waals surface area (Å²) in [6.45, 7) is 6.59. The van der Waals surface area contributed by atoms with Crippen molar-refractivity contribution in [3.05, 3.63) is 28.0 Å². The van der Waals surface area contributed by atoms with Crippen molar-refractivity contribution >= 4 is 21.8 Å². The highest BCUT2D eigenvalue weighted by Gasteiger charge is 2.18. The third-order valence-corrected chi connectivity index (χ3v) is 3.95. The van der Waals surface area contributed by atoms with E-state index in [9.17, 15) is 9.18 Å². The Kier molecular flexibility index (Phi) is 7.72. The molecule has 3 nitrogen and oxygen atoms in total. The molecule has 1 aromatic carbocycles. The van der Waals surface area contributed by atoms with Gasteiger partial charge < -0.3 is 10.1 Å². The van der Waals surface area contributed by atoms with E-state index in [2.05, 4.69) is 28.2 Å². The lowest BCUT2D eigenvalue weighted by Gasteiger charge is -2.17. The quantitative estimate of drug-likeness (QED) is 0.684. The molecule has 0 heterocycles. The van der Waals surface area contributed by atoms with Crippen molar-refractivity contribution < 1.29 is 13.9 Å². The maximum absolute atomic E-state index is 13.7. The molecule has 0 spiro atoms. The van der Waals surface area contributed by atoms with Gasteiger partial charge in [-0.1, -0.05) is 27.2 Å². The Morgan fingerprint density at radius 1 is 1.33 bits per heavy atom. The van der Waals surface area contributed by atoms with Crippen LogP contribution in [0.1, 0.15) is 56.8 Å². The summed E-state index contributed by atoms with van der Waals surface area (Å²) in [5.41, 5.74) is 0.249. The van der Waals surface area contributed by atoms with Gasteiger partial charge >= 0.3 is 0 Å². The standard InChI is InChI=1S/C16H23BrFNO2/c1-4-7-8-21-15-10-13(17)14(18)9-12(15)16(20)19-11(5-2)6-3/h9-11H,4-8H2,1-3H3,(H,19,20). The molecule has 1 amide bonds. The molecule has 0 saturated heterocycles. The first kappa shape index (κ1) is 18.0. The highest BCUT2D eigenvalue weighted by Crippen LogP contribution is 2.27. The maximum Gasteiger partial charge on any atom is 0.255 e. The fraction of sp³-hybridized carbons (Fsp3) is 0.562. The Bertz CT molecular complexity index is 476. The molecule has 21 heavy (non-hydrogen) atoms. The van der Waals surface area contributed by atoms with Gasteiger partial charge in [-0.25, -0.2) is 4.39 Å². The monoisotopic (exact) mass is 359 g/mol. The molecule has 0 aliphatic carbocycles. The largest absolute Gasteiger partial charge is 0.493 e. The number of ether oxygens (including phenoxy) is 1. The van der Waals surface area contributed by atoms with E-state index in [0.29, 0.717) is 16.8 Å². The third kappa shape index (κ3) is 5.30. The zero-order valence-corrected chi connectivity index (χ0v) is 14.4.